The summed E-state index contributed by atoms with van der Waals surface area (Å²) < 4.78 is 14.7. The molecule has 236 valence electrons. The van der Waals surface area contributed by atoms with Gasteiger partial charge in [0.25, 0.3) is 0 Å². The number of benzene rings is 3. The zero-order chi connectivity index (χ0) is 32.0. The van der Waals surface area contributed by atoms with Crippen molar-refractivity contribution in [3.05, 3.63) is 139 Å². The van der Waals surface area contributed by atoms with Crippen LogP contribution in [0.15, 0.2) is 117 Å². The number of para-hydroxylation sites is 1. The molecule has 0 aliphatic heterocycles. The molecule has 0 radical (unpaired) electrons. The molecule has 1 N–H and O–H groups in total. The lowest BCUT2D eigenvalue weighted by Gasteiger charge is -2.16. The molecular weight excluding hydrogens is 564 g/mol. The van der Waals surface area contributed by atoms with Crippen LogP contribution in [0, 0.1) is 0 Å². The lowest BCUT2D eigenvalue weighted by molar-refractivity contribution is -0.697. The SMILES string of the molecule is C=CCc1ccc(OCCCCCC[n+]2ccc(/C=C/c3c[nH]c4ccccc34)cc2)c(-c2ccc(OCCC)c(CC=C)c2)c1. The lowest BCUT2D eigenvalue weighted by atomic mass is 9.97. The van der Waals surface area contributed by atoms with Crippen LogP contribution >= 0.6 is 0 Å². The standard InChI is InChI=1S/C42H46N2O2/c1-4-13-34-18-21-42(39(30-34)35-20-22-41(45-28-6-3)36(31-35)14-5-2)46-29-12-8-7-11-25-44-26-23-33(24-27-44)17-19-37-32-43-40-16-10-9-15-38(37)40/h4-5,9-10,15-24,26-27,30-32H,1-2,6-8,11-14,25,28-29H2,3H3/p+1. The Morgan fingerprint density at radius 1 is 0.761 bits per heavy atom. The summed E-state index contributed by atoms with van der Waals surface area (Å²) in [5.74, 6) is 1.86. The second-order valence-electron chi connectivity index (χ2n) is 11.7. The van der Waals surface area contributed by atoms with Crippen LogP contribution in [0.5, 0.6) is 11.5 Å². The molecule has 5 aromatic rings. The third-order valence-electron chi connectivity index (χ3n) is 8.18. The van der Waals surface area contributed by atoms with E-state index in [0.717, 1.165) is 73.3 Å². The molecule has 0 amide bonds. The van der Waals surface area contributed by atoms with Crippen molar-refractivity contribution in [2.24, 2.45) is 0 Å². The summed E-state index contributed by atoms with van der Waals surface area (Å²) >= 11 is 0. The topological polar surface area (TPSA) is 38.1 Å². The number of nitrogens with one attached hydrogen (secondary N) is 1. The van der Waals surface area contributed by atoms with E-state index in [1.165, 1.54) is 34.0 Å². The van der Waals surface area contributed by atoms with Crippen molar-refractivity contribution < 1.29 is 14.0 Å². The minimum absolute atomic E-state index is 0.704. The van der Waals surface area contributed by atoms with Gasteiger partial charge in [-0.05, 0) is 96.7 Å². The molecule has 3 aromatic carbocycles. The first kappa shape index (κ1) is 32.6. The summed E-state index contributed by atoms with van der Waals surface area (Å²) in [5, 5.41) is 1.25. The average molecular weight is 612 g/mol. The molecule has 2 heterocycles. The highest BCUT2D eigenvalue weighted by Crippen LogP contribution is 2.35. The van der Waals surface area contributed by atoms with Gasteiger partial charge in [0.05, 0.1) is 13.2 Å². The predicted octanol–water partition coefficient (Wildman–Crippen LogP) is 10.2. The predicted molar refractivity (Wildman–Crippen MR) is 193 cm³/mol. The number of H-pyrrole nitrogens is 1. The van der Waals surface area contributed by atoms with Gasteiger partial charge < -0.3 is 14.5 Å². The van der Waals surface area contributed by atoms with E-state index < -0.39 is 0 Å². The fourth-order valence-electron chi connectivity index (χ4n) is 5.72. The first-order valence-electron chi connectivity index (χ1n) is 16.7. The summed E-state index contributed by atoms with van der Waals surface area (Å²) in [6.45, 7) is 12.4. The highest BCUT2D eigenvalue weighted by atomic mass is 16.5. The number of rotatable bonds is 18. The number of allylic oxidation sites excluding steroid dienone is 2. The summed E-state index contributed by atoms with van der Waals surface area (Å²) in [6, 6.07) is 25.7. The van der Waals surface area contributed by atoms with E-state index >= 15 is 0 Å². The van der Waals surface area contributed by atoms with Gasteiger partial charge in [-0.2, -0.15) is 0 Å². The van der Waals surface area contributed by atoms with Crippen molar-refractivity contribution in [1.82, 2.24) is 4.98 Å². The number of pyridine rings is 1. The largest absolute Gasteiger partial charge is 0.493 e. The van der Waals surface area contributed by atoms with E-state index in [2.05, 4.69) is 133 Å². The number of aromatic nitrogens is 2. The van der Waals surface area contributed by atoms with Gasteiger partial charge in [0, 0.05) is 41.2 Å². The number of aryl methyl sites for hydroxylation is 1. The molecule has 0 saturated carbocycles. The van der Waals surface area contributed by atoms with Gasteiger partial charge in [0.15, 0.2) is 12.4 Å². The van der Waals surface area contributed by atoms with E-state index in [1.807, 2.05) is 12.2 Å². The first-order chi connectivity index (χ1) is 22.7. The van der Waals surface area contributed by atoms with Gasteiger partial charge in [-0.1, -0.05) is 61.6 Å². The summed E-state index contributed by atoms with van der Waals surface area (Å²) in [7, 11) is 0. The summed E-state index contributed by atoms with van der Waals surface area (Å²) in [4.78, 5) is 3.34. The van der Waals surface area contributed by atoms with Gasteiger partial charge in [0.2, 0.25) is 0 Å². The van der Waals surface area contributed by atoms with Crippen LogP contribution in [0.25, 0.3) is 34.2 Å². The molecule has 0 unspecified atom stereocenters. The van der Waals surface area contributed by atoms with Crippen LogP contribution in [-0.4, -0.2) is 18.2 Å². The molecule has 0 aliphatic carbocycles. The maximum absolute atomic E-state index is 6.38. The van der Waals surface area contributed by atoms with Crippen LogP contribution in [-0.2, 0) is 19.4 Å². The van der Waals surface area contributed by atoms with Crippen molar-refractivity contribution in [1.29, 1.82) is 0 Å². The molecule has 4 heteroatoms. The minimum atomic E-state index is 0.704. The Labute approximate surface area is 274 Å². The summed E-state index contributed by atoms with van der Waals surface area (Å²) in [5.41, 5.74) is 8.20. The quantitative estimate of drug-likeness (QED) is 0.0608. The highest BCUT2D eigenvalue weighted by molar-refractivity contribution is 5.91. The van der Waals surface area contributed by atoms with Crippen LogP contribution in [0.1, 0.15) is 61.3 Å². The second kappa shape index (κ2) is 17.0. The van der Waals surface area contributed by atoms with Gasteiger partial charge >= 0.3 is 0 Å². The number of unbranched alkanes of at least 4 members (excludes halogenated alkanes) is 3. The zero-order valence-electron chi connectivity index (χ0n) is 27.2. The van der Waals surface area contributed by atoms with Crippen molar-refractivity contribution >= 4 is 23.1 Å². The van der Waals surface area contributed by atoms with E-state index in [-0.39, 0.29) is 0 Å². The second-order valence-corrected chi connectivity index (χ2v) is 11.7. The monoisotopic (exact) mass is 611 g/mol. The van der Waals surface area contributed by atoms with Crippen molar-refractivity contribution in [2.45, 2.75) is 58.4 Å². The molecule has 46 heavy (non-hydrogen) atoms. The zero-order valence-corrected chi connectivity index (χ0v) is 27.2. The Morgan fingerprint density at radius 2 is 1.54 bits per heavy atom. The normalized spacial score (nSPS) is 11.2. The highest BCUT2D eigenvalue weighted by Gasteiger charge is 2.12. The Hall–Kier alpha value is -4.83. The molecule has 0 saturated heterocycles. The van der Waals surface area contributed by atoms with Gasteiger partial charge in [-0.15, -0.1) is 13.2 Å². The van der Waals surface area contributed by atoms with Crippen molar-refractivity contribution in [2.75, 3.05) is 13.2 Å². The van der Waals surface area contributed by atoms with Gasteiger partial charge in [-0.25, -0.2) is 4.57 Å². The molecule has 0 fully saturated rings. The fraction of sp³-hybridized carbons (Fsp3) is 0.262. The molecule has 2 aromatic heterocycles. The number of aromatic amines is 1. The number of hydrogen-bond acceptors (Lipinski definition) is 2. The maximum atomic E-state index is 6.38. The Bertz CT molecular complexity index is 1750. The third-order valence-corrected chi connectivity index (χ3v) is 8.18. The van der Waals surface area contributed by atoms with E-state index in [0.29, 0.717) is 13.2 Å². The van der Waals surface area contributed by atoms with Crippen molar-refractivity contribution in [3.8, 4) is 22.6 Å². The molecule has 0 spiro atoms. The van der Waals surface area contributed by atoms with Crippen LogP contribution in [0.4, 0.5) is 0 Å². The molecule has 0 bridgehead atoms. The Balaban J connectivity index is 1.10. The maximum Gasteiger partial charge on any atom is 0.169 e. The van der Waals surface area contributed by atoms with Crippen LogP contribution in [0.2, 0.25) is 0 Å². The Kier molecular flexibility index (Phi) is 12.0. The fourth-order valence-corrected chi connectivity index (χ4v) is 5.72. The third kappa shape index (κ3) is 8.88. The lowest BCUT2D eigenvalue weighted by Crippen LogP contribution is -2.32. The number of hydrogen-bond donors (Lipinski definition) is 1. The Morgan fingerprint density at radius 3 is 2.37 bits per heavy atom. The first-order valence-corrected chi connectivity index (χ1v) is 16.7. The smallest absolute Gasteiger partial charge is 0.169 e. The molecule has 0 atom stereocenters. The van der Waals surface area contributed by atoms with E-state index in [1.54, 1.807) is 0 Å². The van der Waals surface area contributed by atoms with Gasteiger partial charge in [-0.3, -0.25) is 0 Å². The molecule has 5 rings (SSSR count). The molecule has 4 nitrogen and oxygen atoms in total. The number of nitrogens with zero attached hydrogens (tertiary/aromatic N) is 1. The molecule has 0 aliphatic rings. The number of ether oxygens (including phenoxy) is 2. The van der Waals surface area contributed by atoms with Gasteiger partial charge in [0.1, 0.15) is 18.0 Å². The van der Waals surface area contributed by atoms with E-state index in [4.69, 9.17) is 9.47 Å². The van der Waals surface area contributed by atoms with Crippen LogP contribution in [0.3, 0.4) is 0 Å². The average Bonchev–Trinajstić information content (AvgIpc) is 3.50. The minimum Gasteiger partial charge on any atom is -0.493 e. The van der Waals surface area contributed by atoms with Crippen LogP contribution < -0.4 is 14.0 Å². The van der Waals surface area contributed by atoms with Crippen molar-refractivity contribution in [3.63, 3.8) is 0 Å². The summed E-state index contributed by atoms with van der Waals surface area (Å²) in [6.07, 6.45) is 21.7. The number of fused-ring (bicyclic) bond motifs is 1. The molecular formula is C42H47N2O2+. The van der Waals surface area contributed by atoms with E-state index in [9.17, 15) is 0 Å².